The second-order valence-electron chi connectivity index (χ2n) is 8.34. The number of carbonyl (C=O) groups is 1. The summed E-state index contributed by atoms with van der Waals surface area (Å²) in [5.41, 5.74) is 4.63. The summed E-state index contributed by atoms with van der Waals surface area (Å²) in [6, 6.07) is 12.4. The van der Waals surface area contributed by atoms with Crippen LogP contribution >= 0.6 is 0 Å². The molecule has 2 N–H and O–H groups in total. The monoisotopic (exact) mass is 406 g/mol. The maximum atomic E-state index is 12.8. The third kappa shape index (κ3) is 4.16. The molecule has 0 saturated carbocycles. The third-order valence-corrected chi connectivity index (χ3v) is 5.82. The Morgan fingerprint density at radius 2 is 2.00 bits per heavy atom. The van der Waals surface area contributed by atoms with Crippen molar-refractivity contribution >= 4 is 16.8 Å². The second-order valence-corrected chi connectivity index (χ2v) is 8.34. The van der Waals surface area contributed by atoms with Crippen molar-refractivity contribution < 1.29 is 14.3 Å². The molecule has 1 unspecified atom stereocenters. The van der Waals surface area contributed by atoms with Crippen LogP contribution in [0.3, 0.4) is 0 Å². The first-order valence-corrected chi connectivity index (χ1v) is 10.8. The molecule has 1 aliphatic heterocycles. The van der Waals surface area contributed by atoms with Crippen LogP contribution in [0.1, 0.15) is 56.2 Å². The number of carbonyl (C=O) groups excluding carboxylic acids is 1. The zero-order chi connectivity index (χ0) is 21.1. The van der Waals surface area contributed by atoms with Gasteiger partial charge in [0.2, 0.25) is 12.7 Å². The summed E-state index contributed by atoms with van der Waals surface area (Å²) in [4.78, 5) is 16.3. The van der Waals surface area contributed by atoms with Crippen molar-refractivity contribution in [2.24, 2.45) is 5.92 Å². The van der Waals surface area contributed by atoms with Crippen molar-refractivity contribution in [3.63, 3.8) is 0 Å². The van der Waals surface area contributed by atoms with E-state index in [0.717, 1.165) is 41.0 Å². The number of benzene rings is 2. The molecule has 1 aromatic heterocycles. The van der Waals surface area contributed by atoms with Crippen LogP contribution < -0.4 is 14.8 Å². The summed E-state index contributed by atoms with van der Waals surface area (Å²) in [5.74, 6) is 2.06. The summed E-state index contributed by atoms with van der Waals surface area (Å²) in [7, 11) is 0. The van der Waals surface area contributed by atoms with E-state index >= 15 is 0 Å². The molecule has 1 atom stereocenters. The van der Waals surface area contributed by atoms with Gasteiger partial charge in [-0.25, -0.2) is 0 Å². The first-order valence-electron chi connectivity index (χ1n) is 10.8. The number of H-pyrrole nitrogens is 1. The van der Waals surface area contributed by atoms with Gasteiger partial charge in [-0.05, 0) is 47.6 Å². The molecule has 4 rings (SSSR count). The van der Waals surface area contributed by atoms with Gasteiger partial charge in [0, 0.05) is 36.0 Å². The zero-order valence-corrected chi connectivity index (χ0v) is 18.0. The fourth-order valence-electron chi connectivity index (χ4n) is 4.12. The van der Waals surface area contributed by atoms with Gasteiger partial charge in [0.1, 0.15) is 0 Å². The van der Waals surface area contributed by atoms with E-state index in [-0.39, 0.29) is 18.6 Å². The number of fused-ring (bicyclic) bond motifs is 2. The largest absolute Gasteiger partial charge is 0.454 e. The molecule has 0 aliphatic carbocycles. The van der Waals surface area contributed by atoms with E-state index in [0.29, 0.717) is 18.9 Å². The van der Waals surface area contributed by atoms with Gasteiger partial charge < -0.3 is 19.8 Å². The molecule has 1 aliphatic rings. The lowest BCUT2D eigenvalue weighted by Crippen LogP contribution is -2.27. The van der Waals surface area contributed by atoms with Gasteiger partial charge in [-0.15, -0.1) is 0 Å². The van der Waals surface area contributed by atoms with Crippen molar-refractivity contribution in [2.45, 2.75) is 46.0 Å². The summed E-state index contributed by atoms with van der Waals surface area (Å²) in [5, 5.41) is 4.27. The molecule has 0 radical (unpaired) electrons. The number of aromatic nitrogens is 1. The maximum Gasteiger partial charge on any atom is 0.231 e. The van der Waals surface area contributed by atoms with E-state index in [9.17, 15) is 4.79 Å². The average molecular weight is 407 g/mol. The number of ether oxygens (including phenoxy) is 2. The predicted molar refractivity (Wildman–Crippen MR) is 119 cm³/mol. The fourth-order valence-corrected chi connectivity index (χ4v) is 4.12. The van der Waals surface area contributed by atoms with Gasteiger partial charge in [-0.1, -0.05) is 45.0 Å². The Bertz CT molecular complexity index is 1040. The van der Waals surface area contributed by atoms with Crippen LogP contribution in [0.5, 0.6) is 11.5 Å². The standard InChI is InChI=1S/C25H30N2O3/c1-4-17-6-5-7-19-21(14-27-25(17)19)20(13-24(28)26-11-10-16(2)3)18-8-9-22-23(12-18)30-15-29-22/h5-9,12,14,16,20,27H,4,10-11,13,15H2,1-3H3,(H,26,28). The molecule has 0 bridgehead atoms. The fraction of sp³-hybridized carbons (Fsp3) is 0.400. The van der Waals surface area contributed by atoms with E-state index in [4.69, 9.17) is 9.47 Å². The van der Waals surface area contributed by atoms with Crippen LogP contribution in [0.2, 0.25) is 0 Å². The Kier molecular flexibility index (Phi) is 5.98. The Morgan fingerprint density at radius 3 is 2.80 bits per heavy atom. The Labute approximate surface area is 177 Å². The predicted octanol–water partition coefficient (Wildman–Crippen LogP) is 5.14. The SMILES string of the molecule is CCc1cccc2c(C(CC(=O)NCCC(C)C)c3ccc4c(c3)OCO4)c[nH]c12. The molecule has 2 aromatic carbocycles. The molecule has 1 amide bonds. The molecule has 30 heavy (non-hydrogen) atoms. The smallest absolute Gasteiger partial charge is 0.231 e. The Balaban J connectivity index is 1.68. The number of nitrogens with one attached hydrogen (secondary N) is 2. The normalized spacial score (nSPS) is 13.7. The quantitative estimate of drug-likeness (QED) is 0.544. The first kappa shape index (κ1) is 20.3. The summed E-state index contributed by atoms with van der Waals surface area (Å²) in [6.45, 7) is 7.44. The second kappa shape index (κ2) is 8.82. The van der Waals surface area contributed by atoms with Gasteiger partial charge in [0.25, 0.3) is 0 Å². The van der Waals surface area contributed by atoms with Crippen molar-refractivity contribution in [3.8, 4) is 11.5 Å². The van der Waals surface area contributed by atoms with E-state index in [1.54, 1.807) is 0 Å². The highest BCUT2D eigenvalue weighted by Gasteiger charge is 2.24. The minimum Gasteiger partial charge on any atom is -0.454 e. The van der Waals surface area contributed by atoms with Gasteiger partial charge in [-0.2, -0.15) is 0 Å². The minimum absolute atomic E-state index is 0.0688. The zero-order valence-electron chi connectivity index (χ0n) is 18.0. The lowest BCUT2D eigenvalue weighted by Gasteiger charge is -2.18. The minimum atomic E-state index is -0.0700. The van der Waals surface area contributed by atoms with Gasteiger partial charge >= 0.3 is 0 Å². The van der Waals surface area contributed by atoms with E-state index in [1.165, 1.54) is 10.9 Å². The van der Waals surface area contributed by atoms with Crippen LogP contribution in [-0.2, 0) is 11.2 Å². The molecule has 5 heteroatoms. The van der Waals surface area contributed by atoms with E-state index in [2.05, 4.69) is 55.5 Å². The highest BCUT2D eigenvalue weighted by molar-refractivity contribution is 5.88. The number of rotatable bonds is 8. The van der Waals surface area contributed by atoms with E-state index < -0.39 is 0 Å². The topological polar surface area (TPSA) is 63.4 Å². The van der Waals surface area contributed by atoms with Crippen LogP contribution in [-0.4, -0.2) is 24.2 Å². The van der Waals surface area contributed by atoms with Crippen LogP contribution in [0.4, 0.5) is 0 Å². The van der Waals surface area contributed by atoms with E-state index in [1.807, 2.05) is 18.2 Å². The molecular weight excluding hydrogens is 376 g/mol. The number of hydrogen-bond donors (Lipinski definition) is 2. The van der Waals surface area contributed by atoms with Crippen molar-refractivity contribution in [1.82, 2.24) is 10.3 Å². The third-order valence-electron chi connectivity index (χ3n) is 5.82. The number of aromatic amines is 1. The number of aryl methyl sites for hydroxylation is 1. The maximum absolute atomic E-state index is 12.8. The van der Waals surface area contributed by atoms with Crippen molar-refractivity contribution in [3.05, 3.63) is 59.3 Å². The first-order chi connectivity index (χ1) is 14.6. The van der Waals surface area contributed by atoms with Crippen molar-refractivity contribution in [1.29, 1.82) is 0 Å². The molecule has 5 nitrogen and oxygen atoms in total. The number of para-hydroxylation sites is 1. The molecule has 0 saturated heterocycles. The van der Waals surface area contributed by atoms with Crippen LogP contribution in [0, 0.1) is 5.92 Å². The molecular formula is C25H30N2O3. The lowest BCUT2D eigenvalue weighted by molar-refractivity contribution is -0.121. The summed E-state index contributed by atoms with van der Waals surface area (Å²) in [6.07, 6.45) is 4.39. The van der Waals surface area contributed by atoms with Crippen LogP contribution in [0.15, 0.2) is 42.6 Å². The summed E-state index contributed by atoms with van der Waals surface area (Å²) < 4.78 is 11.1. The highest BCUT2D eigenvalue weighted by atomic mass is 16.7. The van der Waals surface area contributed by atoms with Crippen molar-refractivity contribution in [2.75, 3.05) is 13.3 Å². The molecule has 158 valence electrons. The summed E-state index contributed by atoms with van der Waals surface area (Å²) >= 11 is 0. The molecule has 0 spiro atoms. The number of hydrogen-bond acceptors (Lipinski definition) is 3. The van der Waals surface area contributed by atoms with Gasteiger partial charge in [0.15, 0.2) is 11.5 Å². The van der Waals surface area contributed by atoms with Gasteiger partial charge in [-0.3, -0.25) is 4.79 Å². The Hall–Kier alpha value is -2.95. The Morgan fingerprint density at radius 1 is 1.17 bits per heavy atom. The molecule has 3 aromatic rings. The van der Waals surface area contributed by atoms with Crippen LogP contribution in [0.25, 0.3) is 10.9 Å². The highest BCUT2D eigenvalue weighted by Crippen LogP contribution is 2.39. The molecule has 0 fully saturated rings. The van der Waals surface area contributed by atoms with Gasteiger partial charge in [0.05, 0.1) is 0 Å². The number of amides is 1. The lowest BCUT2D eigenvalue weighted by atomic mass is 9.87. The average Bonchev–Trinajstić information content (AvgIpc) is 3.38. The molecule has 2 heterocycles.